The molecule has 2 aliphatic rings. The zero-order chi connectivity index (χ0) is 19.9. The van der Waals surface area contributed by atoms with Crippen LogP contribution < -0.4 is 9.80 Å². The smallest absolute Gasteiger partial charge is 0.299 e. The fourth-order valence-electron chi connectivity index (χ4n) is 4.71. The van der Waals surface area contributed by atoms with Crippen LogP contribution in [-0.2, 0) is 4.74 Å². The Bertz CT molecular complexity index is 1170. The third-order valence-electron chi connectivity index (χ3n) is 6.39. The number of H-pyrrole nitrogens is 1. The SMILES string of the molecule is c1ccc2c(C3CCN(c4ccc5nc(N6CCOCC6)oc5n4)CC3)c[nH]c2c1. The molecule has 1 aromatic carbocycles. The normalized spacial score (nSPS) is 18.5. The molecular weight excluding hydrogens is 378 g/mol. The average molecular weight is 403 g/mol. The monoisotopic (exact) mass is 403 g/mol. The van der Waals surface area contributed by atoms with Crippen molar-refractivity contribution in [2.24, 2.45) is 0 Å². The maximum atomic E-state index is 5.98. The molecule has 0 spiro atoms. The van der Waals surface area contributed by atoms with Crippen molar-refractivity contribution in [2.45, 2.75) is 18.8 Å². The summed E-state index contributed by atoms with van der Waals surface area (Å²) >= 11 is 0. The van der Waals surface area contributed by atoms with Crippen LogP contribution in [0.25, 0.3) is 22.1 Å². The molecule has 2 aliphatic heterocycles. The Hall–Kier alpha value is -3.06. The van der Waals surface area contributed by atoms with Crippen LogP contribution in [-0.4, -0.2) is 54.3 Å². The second-order valence-corrected chi connectivity index (χ2v) is 8.14. The predicted molar refractivity (Wildman–Crippen MR) is 117 cm³/mol. The van der Waals surface area contributed by atoms with Crippen molar-refractivity contribution in [3.8, 4) is 0 Å². The summed E-state index contributed by atoms with van der Waals surface area (Å²) in [6, 6.07) is 13.3. The first kappa shape index (κ1) is 17.8. The van der Waals surface area contributed by atoms with Gasteiger partial charge in [-0.25, -0.2) is 0 Å². The highest BCUT2D eigenvalue weighted by atomic mass is 16.5. The summed E-state index contributed by atoms with van der Waals surface area (Å²) in [6.07, 6.45) is 4.44. The number of nitrogens with one attached hydrogen (secondary N) is 1. The molecule has 30 heavy (non-hydrogen) atoms. The molecule has 0 saturated carbocycles. The highest BCUT2D eigenvalue weighted by Gasteiger charge is 2.24. The van der Waals surface area contributed by atoms with Crippen LogP contribution in [0, 0.1) is 0 Å². The van der Waals surface area contributed by atoms with Gasteiger partial charge in [-0.1, -0.05) is 18.2 Å². The topological polar surface area (TPSA) is 70.4 Å². The summed E-state index contributed by atoms with van der Waals surface area (Å²) in [5.74, 6) is 1.56. The van der Waals surface area contributed by atoms with Crippen molar-refractivity contribution in [2.75, 3.05) is 49.2 Å². The van der Waals surface area contributed by atoms with E-state index in [1.165, 1.54) is 16.5 Å². The number of hydrogen-bond donors (Lipinski definition) is 1. The highest BCUT2D eigenvalue weighted by Crippen LogP contribution is 2.34. The summed E-state index contributed by atoms with van der Waals surface area (Å²) in [7, 11) is 0. The van der Waals surface area contributed by atoms with E-state index in [1.807, 2.05) is 6.07 Å². The number of aromatic amines is 1. The predicted octanol–water partition coefficient (Wildman–Crippen LogP) is 3.92. The molecule has 2 fully saturated rings. The fraction of sp³-hybridized carbons (Fsp3) is 0.391. The van der Waals surface area contributed by atoms with Crippen LogP contribution in [0.15, 0.2) is 47.0 Å². The molecule has 2 saturated heterocycles. The molecule has 0 amide bonds. The Kier molecular flexibility index (Phi) is 4.34. The van der Waals surface area contributed by atoms with Gasteiger partial charge >= 0.3 is 0 Å². The lowest BCUT2D eigenvalue weighted by Gasteiger charge is -2.32. The largest absolute Gasteiger partial charge is 0.404 e. The van der Waals surface area contributed by atoms with E-state index in [4.69, 9.17) is 14.1 Å². The van der Waals surface area contributed by atoms with E-state index in [9.17, 15) is 0 Å². The van der Waals surface area contributed by atoms with Crippen molar-refractivity contribution < 1.29 is 9.15 Å². The molecule has 7 nitrogen and oxygen atoms in total. The number of nitrogens with zero attached hydrogens (tertiary/aromatic N) is 4. The summed E-state index contributed by atoms with van der Waals surface area (Å²) in [5.41, 5.74) is 4.10. The van der Waals surface area contributed by atoms with Gasteiger partial charge in [-0.3, -0.25) is 0 Å². The molecule has 5 heterocycles. The number of aromatic nitrogens is 3. The van der Waals surface area contributed by atoms with Gasteiger partial charge in [0, 0.05) is 43.3 Å². The number of morpholine rings is 1. The number of pyridine rings is 1. The Morgan fingerprint density at radius 3 is 2.60 bits per heavy atom. The first-order chi connectivity index (χ1) is 14.8. The van der Waals surface area contributed by atoms with Gasteiger partial charge in [-0.2, -0.15) is 9.97 Å². The molecule has 0 aliphatic carbocycles. The lowest BCUT2D eigenvalue weighted by molar-refractivity contribution is 0.120. The van der Waals surface area contributed by atoms with E-state index in [0.29, 0.717) is 30.9 Å². The summed E-state index contributed by atoms with van der Waals surface area (Å²) in [5, 5.41) is 1.35. The average Bonchev–Trinajstić information content (AvgIpc) is 3.44. The lowest BCUT2D eigenvalue weighted by atomic mass is 9.89. The molecule has 0 unspecified atom stereocenters. The van der Waals surface area contributed by atoms with E-state index in [-0.39, 0.29) is 0 Å². The van der Waals surface area contributed by atoms with E-state index in [2.05, 4.69) is 56.3 Å². The zero-order valence-electron chi connectivity index (χ0n) is 16.9. The number of ether oxygens (including phenoxy) is 1. The van der Waals surface area contributed by atoms with Gasteiger partial charge < -0.3 is 23.9 Å². The van der Waals surface area contributed by atoms with Gasteiger partial charge in [-0.05, 0) is 42.5 Å². The van der Waals surface area contributed by atoms with Crippen molar-refractivity contribution >= 4 is 34.0 Å². The van der Waals surface area contributed by atoms with Gasteiger partial charge in [0.15, 0.2) is 0 Å². The third kappa shape index (κ3) is 3.10. The van der Waals surface area contributed by atoms with Gasteiger partial charge in [0.25, 0.3) is 11.7 Å². The number of rotatable bonds is 3. The first-order valence-electron chi connectivity index (χ1n) is 10.8. The molecule has 154 valence electrons. The van der Waals surface area contributed by atoms with Crippen LogP contribution in [0.4, 0.5) is 11.8 Å². The minimum Gasteiger partial charge on any atom is -0.404 e. The minimum atomic E-state index is 0.583. The van der Waals surface area contributed by atoms with Gasteiger partial charge in [0.05, 0.1) is 13.2 Å². The molecule has 0 atom stereocenters. The highest BCUT2D eigenvalue weighted by molar-refractivity contribution is 5.83. The molecule has 6 rings (SSSR count). The molecular formula is C23H25N5O2. The van der Waals surface area contributed by atoms with E-state index in [0.717, 1.165) is 50.4 Å². The summed E-state index contributed by atoms with van der Waals surface area (Å²) < 4.78 is 11.4. The van der Waals surface area contributed by atoms with Crippen molar-refractivity contribution in [1.29, 1.82) is 0 Å². The molecule has 0 radical (unpaired) electrons. The van der Waals surface area contributed by atoms with Crippen LogP contribution in [0.1, 0.15) is 24.3 Å². The van der Waals surface area contributed by atoms with Gasteiger partial charge in [0.2, 0.25) is 0 Å². The van der Waals surface area contributed by atoms with Crippen LogP contribution >= 0.6 is 0 Å². The first-order valence-corrected chi connectivity index (χ1v) is 10.8. The second-order valence-electron chi connectivity index (χ2n) is 8.14. The van der Waals surface area contributed by atoms with E-state index >= 15 is 0 Å². The number of anilines is 2. The number of fused-ring (bicyclic) bond motifs is 2. The number of para-hydroxylation sites is 1. The van der Waals surface area contributed by atoms with Crippen LogP contribution in [0.5, 0.6) is 0 Å². The summed E-state index contributed by atoms with van der Waals surface area (Å²) in [6.45, 7) is 5.02. The van der Waals surface area contributed by atoms with Gasteiger partial charge in [0.1, 0.15) is 11.3 Å². The lowest BCUT2D eigenvalue weighted by Crippen LogP contribution is -2.36. The maximum absolute atomic E-state index is 5.98. The minimum absolute atomic E-state index is 0.583. The van der Waals surface area contributed by atoms with Gasteiger partial charge in [-0.15, -0.1) is 0 Å². The number of piperidine rings is 1. The second kappa shape index (κ2) is 7.32. The molecule has 0 bridgehead atoms. The quantitative estimate of drug-likeness (QED) is 0.559. The van der Waals surface area contributed by atoms with E-state index in [1.54, 1.807) is 0 Å². The Morgan fingerprint density at radius 1 is 0.900 bits per heavy atom. The fourth-order valence-corrected chi connectivity index (χ4v) is 4.71. The number of hydrogen-bond acceptors (Lipinski definition) is 6. The van der Waals surface area contributed by atoms with Crippen LogP contribution in [0.3, 0.4) is 0 Å². The summed E-state index contributed by atoms with van der Waals surface area (Å²) in [4.78, 5) is 17.3. The Labute approximate surface area is 174 Å². The number of oxazole rings is 1. The Morgan fingerprint density at radius 2 is 1.73 bits per heavy atom. The zero-order valence-corrected chi connectivity index (χ0v) is 16.9. The van der Waals surface area contributed by atoms with Crippen molar-refractivity contribution in [3.63, 3.8) is 0 Å². The molecule has 1 N–H and O–H groups in total. The molecule has 7 heteroatoms. The van der Waals surface area contributed by atoms with Crippen molar-refractivity contribution in [1.82, 2.24) is 15.0 Å². The standard InChI is InChI=1S/C23H25N5O2/c1-2-4-19-17(3-1)18(15-24-19)16-7-9-27(10-8-16)21-6-5-20-22(26-21)30-23(25-20)28-11-13-29-14-12-28/h1-6,15-16,24H,7-14H2. The van der Waals surface area contributed by atoms with Crippen LogP contribution in [0.2, 0.25) is 0 Å². The third-order valence-corrected chi connectivity index (χ3v) is 6.39. The van der Waals surface area contributed by atoms with E-state index < -0.39 is 0 Å². The molecule has 3 aromatic heterocycles. The van der Waals surface area contributed by atoms with Crippen molar-refractivity contribution in [3.05, 3.63) is 48.2 Å². The maximum Gasteiger partial charge on any atom is 0.299 e. The number of benzene rings is 1. The Balaban J connectivity index is 1.19. The molecule has 4 aromatic rings.